The molecule has 20 heavy (non-hydrogen) atoms. The molecule has 5 nitrogen and oxygen atoms in total. The van der Waals surface area contributed by atoms with Crippen LogP contribution in [0, 0.1) is 11.6 Å². The normalized spacial score (nSPS) is 17.2. The molecule has 0 spiro atoms. The van der Waals surface area contributed by atoms with Crippen LogP contribution < -0.4 is 4.90 Å². The minimum absolute atomic E-state index is 0.0708. The second-order valence-corrected chi connectivity index (χ2v) is 6.58. The number of carbonyl (C=O) groups is 1. The van der Waals surface area contributed by atoms with Crippen molar-refractivity contribution < 1.29 is 22.0 Å². The number of halogens is 2. The van der Waals surface area contributed by atoms with E-state index in [1.165, 1.54) is 9.21 Å². The number of anilines is 1. The van der Waals surface area contributed by atoms with E-state index in [2.05, 4.69) is 0 Å². The van der Waals surface area contributed by atoms with Crippen LogP contribution in [-0.2, 0) is 10.0 Å². The quantitative estimate of drug-likeness (QED) is 0.777. The third kappa shape index (κ3) is 2.96. The first-order valence-corrected chi connectivity index (χ1v) is 7.82. The highest BCUT2D eigenvalue weighted by Crippen LogP contribution is 2.26. The zero-order valence-electron chi connectivity index (χ0n) is 10.8. The number of nitrogens with zero attached hydrogens (tertiary/aromatic N) is 2. The number of hydrogen-bond donors (Lipinski definition) is 0. The van der Waals surface area contributed by atoms with E-state index in [9.17, 15) is 22.0 Å². The van der Waals surface area contributed by atoms with Crippen LogP contribution in [0.5, 0.6) is 0 Å². The predicted octanol–water partition coefficient (Wildman–Crippen LogP) is 0.859. The summed E-state index contributed by atoms with van der Waals surface area (Å²) in [6, 6.07) is 1.93. The van der Waals surface area contributed by atoms with E-state index in [-0.39, 0.29) is 37.4 Å². The third-order valence-electron chi connectivity index (χ3n) is 3.20. The lowest BCUT2D eigenvalue weighted by molar-refractivity contribution is 0.112. The van der Waals surface area contributed by atoms with Gasteiger partial charge in [0.15, 0.2) is 0 Å². The van der Waals surface area contributed by atoms with Crippen LogP contribution in [-0.4, -0.2) is 51.4 Å². The van der Waals surface area contributed by atoms with Crippen LogP contribution >= 0.6 is 0 Å². The van der Waals surface area contributed by atoms with Gasteiger partial charge in [-0.3, -0.25) is 4.79 Å². The van der Waals surface area contributed by atoms with Gasteiger partial charge in [-0.05, 0) is 12.1 Å². The molecule has 0 aliphatic carbocycles. The lowest BCUT2D eigenvalue weighted by Crippen LogP contribution is -2.48. The van der Waals surface area contributed by atoms with E-state index < -0.39 is 21.7 Å². The van der Waals surface area contributed by atoms with Crippen molar-refractivity contribution in [3.63, 3.8) is 0 Å². The minimum atomic E-state index is -3.29. The van der Waals surface area contributed by atoms with Gasteiger partial charge in [-0.2, -0.15) is 4.31 Å². The Bertz CT molecular complexity index is 603. The molecule has 0 N–H and O–H groups in total. The summed E-state index contributed by atoms with van der Waals surface area (Å²) in [5.41, 5.74) is -0.290. The molecular weight excluding hydrogens is 290 g/mol. The number of rotatable bonds is 3. The Morgan fingerprint density at radius 3 is 2.00 bits per heavy atom. The molecular formula is C12H14F2N2O3S. The average molecular weight is 304 g/mol. The summed E-state index contributed by atoms with van der Waals surface area (Å²) in [4.78, 5) is 12.0. The van der Waals surface area contributed by atoms with Gasteiger partial charge in [-0.15, -0.1) is 0 Å². The maximum absolute atomic E-state index is 13.8. The maximum Gasteiger partial charge on any atom is 0.211 e. The maximum atomic E-state index is 13.8. The van der Waals surface area contributed by atoms with Crippen LogP contribution in [0.2, 0.25) is 0 Å². The van der Waals surface area contributed by atoms with Crippen molar-refractivity contribution in [3.05, 3.63) is 29.3 Å². The molecule has 0 aromatic heterocycles. The largest absolute Gasteiger partial charge is 0.364 e. The van der Waals surface area contributed by atoms with Gasteiger partial charge >= 0.3 is 0 Å². The highest BCUT2D eigenvalue weighted by atomic mass is 32.2. The molecule has 0 amide bonds. The number of piperazine rings is 1. The minimum Gasteiger partial charge on any atom is -0.364 e. The Morgan fingerprint density at radius 2 is 1.60 bits per heavy atom. The standard InChI is InChI=1S/C12H14F2N2O3S/c1-20(18,19)16-4-2-15(3-5-16)12-10(13)6-9(8-17)7-11(12)14/h6-8H,2-5H2,1H3. The van der Waals surface area contributed by atoms with Crippen molar-refractivity contribution in [3.8, 4) is 0 Å². The fourth-order valence-corrected chi connectivity index (χ4v) is 3.03. The van der Waals surface area contributed by atoms with Gasteiger partial charge in [0.25, 0.3) is 0 Å². The Hall–Kier alpha value is -1.54. The van der Waals surface area contributed by atoms with Crippen LogP contribution in [0.3, 0.4) is 0 Å². The number of carbonyl (C=O) groups excluding carboxylic acids is 1. The zero-order valence-corrected chi connectivity index (χ0v) is 11.7. The van der Waals surface area contributed by atoms with Crippen LogP contribution in [0.4, 0.5) is 14.5 Å². The van der Waals surface area contributed by atoms with E-state index in [0.29, 0.717) is 6.29 Å². The fourth-order valence-electron chi connectivity index (χ4n) is 2.20. The van der Waals surface area contributed by atoms with Crippen molar-refractivity contribution in [2.24, 2.45) is 0 Å². The average Bonchev–Trinajstić information content (AvgIpc) is 2.37. The molecule has 0 radical (unpaired) electrons. The summed E-state index contributed by atoms with van der Waals surface area (Å²) < 4.78 is 51.7. The lowest BCUT2D eigenvalue weighted by atomic mass is 10.1. The summed E-state index contributed by atoms with van der Waals surface area (Å²) in [5.74, 6) is -1.64. The Morgan fingerprint density at radius 1 is 1.10 bits per heavy atom. The summed E-state index contributed by atoms with van der Waals surface area (Å²) in [5, 5.41) is 0. The van der Waals surface area contributed by atoms with Crippen molar-refractivity contribution >= 4 is 22.0 Å². The Kier molecular flexibility index (Phi) is 4.05. The Labute approximate surface area is 115 Å². The van der Waals surface area contributed by atoms with Gasteiger partial charge in [-0.25, -0.2) is 17.2 Å². The molecule has 8 heteroatoms. The second kappa shape index (κ2) is 5.45. The first-order valence-electron chi connectivity index (χ1n) is 5.97. The molecule has 2 rings (SSSR count). The molecule has 1 aliphatic rings. The highest BCUT2D eigenvalue weighted by Gasteiger charge is 2.26. The van der Waals surface area contributed by atoms with E-state index in [1.807, 2.05) is 0 Å². The molecule has 0 saturated carbocycles. The molecule has 1 aromatic carbocycles. The van der Waals surface area contributed by atoms with Crippen molar-refractivity contribution in [2.45, 2.75) is 0 Å². The van der Waals surface area contributed by atoms with Crippen LogP contribution in [0.15, 0.2) is 12.1 Å². The van der Waals surface area contributed by atoms with E-state index in [1.54, 1.807) is 0 Å². The first kappa shape index (κ1) is 14.9. The smallest absolute Gasteiger partial charge is 0.211 e. The zero-order chi connectivity index (χ0) is 14.9. The molecule has 1 saturated heterocycles. The number of sulfonamides is 1. The molecule has 0 bridgehead atoms. The van der Waals surface area contributed by atoms with E-state index in [0.717, 1.165) is 18.4 Å². The van der Waals surface area contributed by atoms with Crippen LogP contribution in [0.25, 0.3) is 0 Å². The number of benzene rings is 1. The molecule has 0 unspecified atom stereocenters. The van der Waals surface area contributed by atoms with Crippen LogP contribution in [0.1, 0.15) is 10.4 Å². The molecule has 1 fully saturated rings. The lowest BCUT2D eigenvalue weighted by Gasteiger charge is -2.35. The summed E-state index contributed by atoms with van der Waals surface area (Å²) in [7, 11) is -3.29. The molecule has 110 valence electrons. The van der Waals surface area contributed by atoms with Crippen molar-refractivity contribution in [1.29, 1.82) is 0 Å². The monoisotopic (exact) mass is 304 g/mol. The third-order valence-corrected chi connectivity index (χ3v) is 4.50. The number of aldehydes is 1. The molecule has 1 aromatic rings. The SMILES string of the molecule is CS(=O)(=O)N1CCN(c2c(F)cc(C=O)cc2F)CC1. The van der Waals surface area contributed by atoms with Gasteiger partial charge < -0.3 is 4.90 Å². The molecule has 0 atom stereocenters. The summed E-state index contributed by atoms with van der Waals surface area (Å²) in [6.45, 7) is 0.739. The first-order chi connectivity index (χ1) is 9.32. The van der Waals surface area contributed by atoms with Gasteiger partial charge in [0.05, 0.1) is 6.26 Å². The number of hydrogen-bond acceptors (Lipinski definition) is 4. The molecule has 1 aliphatic heterocycles. The van der Waals surface area contributed by atoms with Gasteiger partial charge in [0.2, 0.25) is 10.0 Å². The summed E-state index contributed by atoms with van der Waals surface area (Å²) in [6.07, 6.45) is 1.47. The van der Waals surface area contributed by atoms with E-state index in [4.69, 9.17) is 0 Å². The fraction of sp³-hybridized carbons (Fsp3) is 0.417. The molecule has 1 heterocycles. The topological polar surface area (TPSA) is 57.7 Å². The van der Waals surface area contributed by atoms with Gasteiger partial charge in [0.1, 0.15) is 23.6 Å². The van der Waals surface area contributed by atoms with Gasteiger partial charge in [0, 0.05) is 31.7 Å². The van der Waals surface area contributed by atoms with Crippen molar-refractivity contribution in [1.82, 2.24) is 4.31 Å². The van der Waals surface area contributed by atoms with Gasteiger partial charge in [-0.1, -0.05) is 0 Å². The highest BCUT2D eigenvalue weighted by molar-refractivity contribution is 7.88. The summed E-state index contributed by atoms with van der Waals surface area (Å²) >= 11 is 0. The predicted molar refractivity (Wildman–Crippen MR) is 70.4 cm³/mol. The Balaban J connectivity index is 2.21. The second-order valence-electron chi connectivity index (χ2n) is 4.60. The van der Waals surface area contributed by atoms with Crippen molar-refractivity contribution in [2.75, 3.05) is 37.3 Å². The van der Waals surface area contributed by atoms with E-state index >= 15 is 0 Å².